The summed E-state index contributed by atoms with van der Waals surface area (Å²) in [7, 11) is 0. The van der Waals surface area contributed by atoms with E-state index in [0.717, 1.165) is 11.9 Å². The molecule has 0 atom stereocenters. The van der Waals surface area contributed by atoms with Gasteiger partial charge in [-0.25, -0.2) is 0 Å². The van der Waals surface area contributed by atoms with E-state index >= 15 is 0 Å². The predicted octanol–water partition coefficient (Wildman–Crippen LogP) is 4.93. The van der Waals surface area contributed by atoms with Crippen molar-refractivity contribution in [3.63, 3.8) is 0 Å². The van der Waals surface area contributed by atoms with E-state index < -0.39 is 0 Å². The fraction of sp³-hybridized carbons (Fsp3) is 0.250. The Balaban J connectivity index is 1.60. The van der Waals surface area contributed by atoms with Gasteiger partial charge in [-0.1, -0.05) is 54.0 Å². The molecule has 0 saturated carbocycles. The molecule has 150 valence electrons. The van der Waals surface area contributed by atoms with Gasteiger partial charge in [0.25, 0.3) is 5.56 Å². The van der Waals surface area contributed by atoms with E-state index in [1.807, 2.05) is 35.6 Å². The molecule has 0 radical (unpaired) electrons. The van der Waals surface area contributed by atoms with Gasteiger partial charge in [-0.05, 0) is 36.8 Å². The highest BCUT2D eigenvalue weighted by Gasteiger charge is 2.16. The molecular formula is C20H18Cl2N4O2S. The molecule has 0 unspecified atom stereocenters. The van der Waals surface area contributed by atoms with E-state index in [4.69, 9.17) is 27.9 Å². The average Bonchev–Trinajstić information content (AvgIpc) is 3.14. The lowest BCUT2D eigenvalue weighted by Gasteiger charge is -2.10. The Labute approximate surface area is 181 Å². The largest absolute Gasteiger partial charge is 0.491 e. The number of rotatable bonds is 7. The third-order valence-electron chi connectivity index (χ3n) is 4.39. The fourth-order valence-corrected chi connectivity index (χ4v) is 4.35. The van der Waals surface area contributed by atoms with Gasteiger partial charge in [0.15, 0.2) is 5.16 Å². The van der Waals surface area contributed by atoms with E-state index in [1.54, 1.807) is 22.8 Å². The molecule has 0 aliphatic carbocycles. The van der Waals surface area contributed by atoms with E-state index in [1.165, 1.54) is 11.8 Å². The molecule has 9 heteroatoms. The van der Waals surface area contributed by atoms with Crippen LogP contribution in [0.4, 0.5) is 0 Å². The number of ether oxygens (including phenoxy) is 1. The summed E-state index contributed by atoms with van der Waals surface area (Å²) in [5.41, 5.74) is 0.758. The Morgan fingerprint density at radius 2 is 1.97 bits per heavy atom. The second-order valence-corrected chi connectivity index (χ2v) is 8.27. The minimum absolute atomic E-state index is 0.0420. The number of halogens is 2. The minimum Gasteiger partial charge on any atom is -0.491 e. The number of hydrogen-bond acceptors (Lipinski definition) is 5. The SMILES string of the molecule is CCCn1c(=O)c2ccccc2n2c(SCCOc3ccc(Cl)cc3Cl)nnc12. The van der Waals surface area contributed by atoms with Crippen LogP contribution in [0, 0.1) is 0 Å². The number of hydrogen-bond donors (Lipinski definition) is 0. The van der Waals surface area contributed by atoms with Crippen molar-refractivity contribution in [2.75, 3.05) is 12.4 Å². The number of para-hydroxylation sites is 1. The Hall–Kier alpha value is -2.22. The van der Waals surface area contributed by atoms with Crippen LogP contribution in [-0.2, 0) is 6.54 Å². The lowest BCUT2D eigenvalue weighted by Crippen LogP contribution is -2.23. The Morgan fingerprint density at radius 1 is 1.14 bits per heavy atom. The van der Waals surface area contributed by atoms with Gasteiger partial charge in [-0.2, -0.15) is 0 Å². The normalized spacial score (nSPS) is 11.4. The highest BCUT2D eigenvalue weighted by molar-refractivity contribution is 7.99. The highest BCUT2D eigenvalue weighted by Crippen LogP contribution is 2.28. The van der Waals surface area contributed by atoms with Crippen LogP contribution in [0.2, 0.25) is 10.0 Å². The number of nitrogens with zero attached hydrogens (tertiary/aromatic N) is 4. The first-order valence-electron chi connectivity index (χ1n) is 9.17. The summed E-state index contributed by atoms with van der Waals surface area (Å²) in [5, 5.41) is 11.0. The van der Waals surface area contributed by atoms with Crippen LogP contribution >= 0.6 is 35.0 Å². The Kier molecular flexibility index (Phi) is 5.99. The topological polar surface area (TPSA) is 61.4 Å². The zero-order chi connectivity index (χ0) is 20.4. The highest BCUT2D eigenvalue weighted by atomic mass is 35.5. The van der Waals surface area contributed by atoms with E-state index in [0.29, 0.717) is 51.0 Å². The predicted molar refractivity (Wildman–Crippen MR) is 118 cm³/mol. The summed E-state index contributed by atoms with van der Waals surface area (Å²) in [6.45, 7) is 3.06. The molecule has 2 aromatic heterocycles. The average molecular weight is 449 g/mol. The maximum absolute atomic E-state index is 12.8. The van der Waals surface area contributed by atoms with Gasteiger partial charge in [-0.15, -0.1) is 10.2 Å². The summed E-state index contributed by atoms with van der Waals surface area (Å²) in [6.07, 6.45) is 0.832. The number of thioether (sulfide) groups is 1. The molecule has 0 amide bonds. The summed E-state index contributed by atoms with van der Waals surface area (Å²) in [6, 6.07) is 12.7. The molecule has 4 rings (SSSR count). The first-order valence-corrected chi connectivity index (χ1v) is 10.9. The van der Waals surface area contributed by atoms with Gasteiger partial charge < -0.3 is 4.74 Å². The van der Waals surface area contributed by atoms with Crippen LogP contribution in [0.3, 0.4) is 0 Å². The summed E-state index contributed by atoms with van der Waals surface area (Å²) < 4.78 is 9.37. The van der Waals surface area contributed by atoms with Crippen molar-refractivity contribution >= 4 is 51.6 Å². The van der Waals surface area contributed by atoms with E-state index in [-0.39, 0.29) is 5.56 Å². The molecule has 0 aliphatic heterocycles. The zero-order valence-corrected chi connectivity index (χ0v) is 18.0. The van der Waals surface area contributed by atoms with Gasteiger partial charge in [0.2, 0.25) is 5.78 Å². The second kappa shape index (κ2) is 8.65. The Bertz CT molecular complexity index is 1240. The third kappa shape index (κ3) is 3.95. The van der Waals surface area contributed by atoms with Crippen LogP contribution in [0.15, 0.2) is 52.4 Å². The van der Waals surface area contributed by atoms with Crippen molar-refractivity contribution < 1.29 is 4.74 Å². The van der Waals surface area contributed by atoms with Crippen molar-refractivity contribution in [2.45, 2.75) is 25.0 Å². The molecule has 0 aliphatic rings. The van der Waals surface area contributed by atoms with Gasteiger partial charge in [0, 0.05) is 17.3 Å². The van der Waals surface area contributed by atoms with Crippen molar-refractivity contribution in [2.24, 2.45) is 0 Å². The van der Waals surface area contributed by atoms with Crippen LogP contribution in [0.5, 0.6) is 5.75 Å². The zero-order valence-electron chi connectivity index (χ0n) is 15.6. The summed E-state index contributed by atoms with van der Waals surface area (Å²) in [5.74, 6) is 1.78. The van der Waals surface area contributed by atoms with Crippen LogP contribution in [0.25, 0.3) is 16.7 Å². The maximum atomic E-state index is 12.8. The number of benzene rings is 2. The monoisotopic (exact) mass is 448 g/mol. The molecule has 6 nitrogen and oxygen atoms in total. The molecular weight excluding hydrogens is 431 g/mol. The van der Waals surface area contributed by atoms with Crippen molar-refractivity contribution in [3.8, 4) is 5.75 Å². The Morgan fingerprint density at radius 3 is 2.76 bits per heavy atom. The number of aromatic nitrogens is 4. The molecule has 2 aromatic carbocycles. The van der Waals surface area contributed by atoms with Gasteiger partial charge in [-0.3, -0.25) is 13.8 Å². The van der Waals surface area contributed by atoms with E-state index in [2.05, 4.69) is 10.2 Å². The quantitative estimate of drug-likeness (QED) is 0.296. The first kappa shape index (κ1) is 20.1. The second-order valence-electron chi connectivity index (χ2n) is 6.36. The molecule has 0 N–H and O–H groups in total. The standard InChI is InChI=1S/C20H18Cl2N4O2S/c1-2-9-25-18(27)14-5-3-4-6-16(14)26-19(25)23-24-20(26)29-11-10-28-17-8-7-13(21)12-15(17)22/h3-8,12H,2,9-11H2,1H3. The molecule has 0 spiro atoms. The molecule has 2 heterocycles. The molecule has 0 saturated heterocycles. The number of aryl methyl sites for hydroxylation is 1. The van der Waals surface area contributed by atoms with E-state index in [9.17, 15) is 4.79 Å². The van der Waals surface area contributed by atoms with Crippen molar-refractivity contribution in [1.82, 2.24) is 19.2 Å². The van der Waals surface area contributed by atoms with Crippen LogP contribution in [-0.4, -0.2) is 31.5 Å². The smallest absolute Gasteiger partial charge is 0.262 e. The summed E-state index contributed by atoms with van der Waals surface area (Å²) in [4.78, 5) is 12.8. The summed E-state index contributed by atoms with van der Waals surface area (Å²) >= 11 is 13.6. The fourth-order valence-electron chi connectivity index (χ4n) is 3.13. The first-order chi connectivity index (χ1) is 14.1. The van der Waals surface area contributed by atoms with Gasteiger partial charge in [0.1, 0.15) is 5.75 Å². The lowest BCUT2D eigenvalue weighted by atomic mass is 10.2. The maximum Gasteiger partial charge on any atom is 0.262 e. The van der Waals surface area contributed by atoms with Crippen molar-refractivity contribution in [1.29, 1.82) is 0 Å². The third-order valence-corrected chi connectivity index (χ3v) is 5.82. The lowest BCUT2D eigenvalue weighted by molar-refractivity contribution is 0.344. The van der Waals surface area contributed by atoms with Crippen LogP contribution in [0.1, 0.15) is 13.3 Å². The molecule has 4 aromatic rings. The molecule has 0 bridgehead atoms. The molecule has 29 heavy (non-hydrogen) atoms. The van der Waals surface area contributed by atoms with Gasteiger partial charge >= 0.3 is 0 Å². The van der Waals surface area contributed by atoms with Gasteiger partial charge in [0.05, 0.1) is 22.5 Å². The minimum atomic E-state index is -0.0420. The van der Waals surface area contributed by atoms with Crippen LogP contribution < -0.4 is 10.3 Å². The molecule has 0 fully saturated rings. The number of fused-ring (bicyclic) bond motifs is 3. The van der Waals surface area contributed by atoms with Crippen molar-refractivity contribution in [3.05, 3.63) is 62.9 Å².